The maximum Gasteiger partial charge on any atom is 0.310 e. The van der Waals surface area contributed by atoms with Crippen LogP contribution in [0.25, 0.3) is 0 Å². The quantitative estimate of drug-likeness (QED) is 0.527. The summed E-state index contributed by atoms with van der Waals surface area (Å²) < 4.78 is 9.49. The Labute approximate surface area is 153 Å². The Balaban J connectivity index is 0.000000505. The van der Waals surface area contributed by atoms with Crippen LogP contribution in [0.3, 0.4) is 0 Å². The SMILES string of the molecule is CCOC=O.O=C(Cc1ccc(Cl)cc1Cl)OCC1CCCCC1. The fourth-order valence-electron chi connectivity index (χ4n) is 2.50. The normalized spacial score (nSPS) is 14.3. The molecule has 24 heavy (non-hydrogen) atoms. The number of hydrogen-bond acceptors (Lipinski definition) is 4. The molecule has 0 N–H and O–H groups in total. The molecule has 4 nitrogen and oxygen atoms in total. The molecule has 0 radical (unpaired) electrons. The average Bonchev–Trinajstić information content (AvgIpc) is 2.58. The van der Waals surface area contributed by atoms with E-state index < -0.39 is 0 Å². The van der Waals surface area contributed by atoms with E-state index >= 15 is 0 Å². The minimum Gasteiger partial charge on any atom is -0.468 e. The largest absolute Gasteiger partial charge is 0.468 e. The van der Waals surface area contributed by atoms with E-state index in [9.17, 15) is 9.59 Å². The first-order valence-corrected chi connectivity index (χ1v) is 8.97. The zero-order valence-corrected chi connectivity index (χ0v) is 15.4. The highest BCUT2D eigenvalue weighted by atomic mass is 35.5. The number of esters is 1. The van der Waals surface area contributed by atoms with Crippen molar-refractivity contribution in [2.75, 3.05) is 13.2 Å². The number of halogens is 2. The molecule has 0 amide bonds. The number of hydrogen-bond donors (Lipinski definition) is 0. The van der Waals surface area contributed by atoms with Gasteiger partial charge in [-0.1, -0.05) is 48.5 Å². The van der Waals surface area contributed by atoms with E-state index in [-0.39, 0.29) is 12.4 Å². The zero-order chi connectivity index (χ0) is 17.8. The molecule has 1 aromatic carbocycles. The van der Waals surface area contributed by atoms with Gasteiger partial charge in [0.1, 0.15) is 0 Å². The van der Waals surface area contributed by atoms with Crippen LogP contribution in [0.2, 0.25) is 10.0 Å². The Morgan fingerprint density at radius 3 is 2.50 bits per heavy atom. The summed E-state index contributed by atoms with van der Waals surface area (Å²) in [4.78, 5) is 21.0. The van der Waals surface area contributed by atoms with E-state index in [0.717, 1.165) is 5.56 Å². The van der Waals surface area contributed by atoms with Gasteiger partial charge in [0.2, 0.25) is 0 Å². The van der Waals surface area contributed by atoms with Gasteiger partial charge < -0.3 is 9.47 Å². The molecular formula is C18H24Cl2O4. The van der Waals surface area contributed by atoms with E-state index in [2.05, 4.69) is 4.74 Å². The maximum atomic E-state index is 11.8. The van der Waals surface area contributed by atoms with Gasteiger partial charge in [0.05, 0.1) is 19.6 Å². The van der Waals surface area contributed by atoms with Crippen molar-refractivity contribution in [3.63, 3.8) is 0 Å². The number of benzene rings is 1. The molecule has 2 rings (SSSR count). The summed E-state index contributed by atoms with van der Waals surface area (Å²) in [5.74, 6) is 0.327. The van der Waals surface area contributed by atoms with Crippen LogP contribution >= 0.6 is 23.2 Å². The van der Waals surface area contributed by atoms with Crippen molar-refractivity contribution >= 4 is 35.6 Å². The van der Waals surface area contributed by atoms with Gasteiger partial charge in [-0.05, 0) is 43.4 Å². The van der Waals surface area contributed by atoms with Crippen LogP contribution in [-0.4, -0.2) is 25.7 Å². The highest BCUT2D eigenvalue weighted by Crippen LogP contribution is 2.24. The summed E-state index contributed by atoms with van der Waals surface area (Å²) >= 11 is 11.8. The lowest BCUT2D eigenvalue weighted by molar-refractivity contribution is -0.144. The van der Waals surface area contributed by atoms with Gasteiger partial charge in [0.25, 0.3) is 6.47 Å². The Bertz CT molecular complexity index is 514. The van der Waals surface area contributed by atoms with Crippen LogP contribution in [0, 0.1) is 5.92 Å². The van der Waals surface area contributed by atoms with Crippen molar-refractivity contribution in [3.8, 4) is 0 Å². The van der Waals surface area contributed by atoms with Gasteiger partial charge in [-0.3, -0.25) is 9.59 Å². The summed E-state index contributed by atoms with van der Waals surface area (Å²) in [5, 5.41) is 1.09. The predicted molar refractivity (Wildman–Crippen MR) is 95.4 cm³/mol. The second-order valence-corrected chi connectivity index (χ2v) is 6.49. The molecule has 1 saturated carbocycles. The minimum atomic E-state index is -0.213. The van der Waals surface area contributed by atoms with Crippen LogP contribution in [0.5, 0.6) is 0 Å². The second kappa shape index (κ2) is 12.2. The summed E-state index contributed by atoms with van der Waals surface area (Å²) in [5.41, 5.74) is 0.764. The molecule has 0 unspecified atom stereocenters. The summed E-state index contributed by atoms with van der Waals surface area (Å²) in [6.07, 6.45) is 6.38. The van der Waals surface area contributed by atoms with Crippen LogP contribution in [-0.2, 0) is 25.5 Å². The van der Waals surface area contributed by atoms with Gasteiger partial charge in [0.15, 0.2) is 0 Å². The molecule has 0 saturated heterocycles. The smallest absolute Gasteiger partial charge is 0.310 e. The van der Waals surface area contributed by atoms with E-state index in [1.807, 2.05) is 0 Å². The third-order valence-corrected chi connectivity index (χ3v) is 4.38. The first kappa shape index (κ1) is 20.8. The van der Waals surface area contributed by atoms with E-state index in [1.165, 1.54) is 32.1 Å². The van der Waals surface area contributed by atoms with Gasteiger partial charge in [-0.15, -0.1) is 0 Å². The first-order chi connectivity index (χ1) is 11.6. The van der Waals surface area contributed by atoms with Crippen LogP contribution < -0.4 is 0 Å². The highest BCUT2D eigenvalue weighted by molar-refractivity contribution is 6.35. The third kappa shape index (κ3) is 8.55. The molecule has 1 aromatic rings. The molecule has 0 atom stereocenters. The van der Waals surface area contributed by atoms with Crippen molar-refractivity contribution in [2.45, 2.75) is 45.4 Å². The van der Waals surface area contributed by atoms with Crippen molar-refractivity contribution in [1.82, 2.24) is 0 Å². The lowest BCUT2D eigenvalue weighted by atomic mass is 9.90. The van der Waals surface area contributed by atoms with E-state index in [0.29, 0.717) is 35.6 Å². The van der Waals surface area contributed by atoms with Crippen molar-refractivity contribution in [2.24, 2.45) is 5.92 Å². The maximum absolute atomic E-state index is 11.8. The highest BCUT2D eigenvalue weighted by Gasteiger charge is 2.16. The zero-order valence-electron chi connectivity index (χ0n) is 13.9. The Kier molecular flexibility index (Phi) is 10.5. The standard InChI is InChI=1S/C15H18Cl2O2.C3H6O2/c16-13-7-6-12(14(17)9-13)8-15(18)19-10-11-4-2-1-3-5-11;1-2-5-3-4/h6-7,9,11H,1-5,8,10H2;3H,2H2,1H3. The third-order valence-electron chi connectivity index (χ3n) is 3.79. The lowest BCUT2D eigenvalue weighted by Gasteiger charge is -2.21. The Hall–Kier alpha value is -1.26. The molecule has 0 aromatic heterocycles. The molecule has 1 fully saturated rings. The average molecular weight is 375 g/mol. The summed E-state index contributed by atoms with van der Waals surface area (Å²) in [7, 11) is 0. The molecule has 0 heterocycles. The summed E-state index contributed by atoms with van der Waals surface area (Å²) in [6.45, 7) is 3.21. The summed E-state index contributed by atoms with van der Waals surface area (Å²) in [6, 6.07) is 5.15. The van der Waals surface area contributed by atoms with Crippen molar-refractivity contribution < 1.29 is 19.1 Å². The Morgan fingerprint density at radius 1 is 1.25 bits per heavy atom. The van der Waals surface area contributed by atoms with Gasteiger partial charge in [0, 0.05) is 10.0 Å². The molecular weight excluding hydrogens is 351 g/mol. The number of rotatable bonds is 6. The first-order valence-electron chi connectivity index (χ1n) is 8.21. The van der Waals surface area contributed by atoms with Gasteiger partial charge in [-0.2, -0.15) is 0 Å². The predicted octanol–water partition coefficient (Wildman–Crippen LogP) is 4.84. The fraction of sp³-hybridized carbons (Fsp3) is 0.556. The van der Waals surface area contributed by atoms with Crippen LogP contribution in [0.1, 0.15) is 44.6 Å². The molecule has 1 aliphatic carbocycles. The Morgan fingerprint density at radius 2 is 1.96 bits per heavy atom. The molecule has 0 spiro atoms. The topological polar surface area (TPSA) is 52.6 Å². The van der Waals surface area contributed by atoms with Gasteiger partial charge in [-0.25, -0.2) is 0 Å². The van der Waals surface area contributed by atoms with E-state index in [4.69, 9.17) is 27.9 Å². The number of ether oxygens (including phenoxy) is 2. The van der Waals surface area contributed by atoms with Crippen molar-refractivity contribution in [3.05, 3.63) is 33.8 Å². The number of carbonyl (C=O) groups is 2. The second-order valence-electron chi connectivity index (χ2n) is 5.65. The number of carbonyl (C=O) groups excluding carboxylic acids is 2. The van der Waals surface area contributed by atoms with Crippen molar-refractivity contribution in [1.29, 1.82) is 0 Å². The molecule has 0 bridgehead atoms. The molecule has 134 valence electrons. The monoisotopic (exact) mass is 374 g/mol. The van der Waals surface area contributed by atoms with Gasteiger partial charge >= 0.3 is 5.97 Å². The lowest BCUT2D eigenvalue weighted by Crippen LogP contribution is -2.17. The molecule has 1 aliphatic rings. The minimum absolute atomic E-state index is 0.211. The van der Waals surface area contributed by atoms with Crippen LogP contribution in [0.4, 0.5) is 0 Å². The molecule has 6 heteroatoms. The molecule has 0 aliphatic heterocycles. The fourth-order valence-corrected chi connectivity index (χ4v) is 2.98. The van der Waals surface area contributed by atoms with E-state index in [1.54, 1.807) is 25.1 Å². The van der Waals surface area contributed by atoms with Crippen LogP contribution in [0.15, 0.2) is 18.2 Å².